The summed E-state index contributed by atoms with van der Waals surface area (Å²) in [6.45, 7) is 1.53. The third kappa shape index (κ3) is 4.07. The van der Waals surface area contributed by atoms with Crippen molar-refractivity contribution in [2.75, 3.05) is 26.0 Å². The van der Waals surface area contributed by atoms with Crippen molar-refractivity contribution in [3.05, 3.63) is 48.9 Å². The van der Waals surface area contributed by atoms with Crippen LogP contribution >= 0.6 is 0 Å². The van der Waals surface area contributed by atoms with Crippen LogP contribution in [0.1, 0.15) is 0 Å². The monoisotopic (exact) mass is 388 g/mol. The molecule has 3 heterocycles. The van der Waals surface area contributed by atoms with Gasteiger partial charge in [-0.05, 0) is 18.2 Å². The number of sulfonamides is 1. The average molecular weight is 388 g/mol. The summed E-state index contributed by atoms with van der Waals surface area (Å²) in [6.07, 6.45) is 6.41. The van der Waals surface area contributed by atoms with Gasteiger partial charge in [-0.2, -0.15) is 9.40 Å². The zero-order valence-electron chi connectivity index (χ0n) is 14.8. The molecule has 0 amide bonds. The molecule has 0 N–H and O–H groups in total. The summed E-state index contributed by atoms with van der Waals surface area (Å²) in [5.74, 6) is 0. The van der Waals surface area contributed by atoms with Gasteiger partial charge in [-0.15, -0.1) is 5.10 Å². The number of aromatic nitrogens is 5. The highest BCUT2D eigenvalue weighted by atomic mass is 32.2. The number of benzene rings is 1. The topological polar surface area (TPSA) is 95.1 Å². The van der Waals surface area contributed by atoms with Crippen LogP contribution < -0.4 is 0 Å². The Balaban J connectivity index is 1.48. The molecule has 0 radical (unpaired) electrons. The van der Waals surface area contributed by atoms with Gasteiger partial charge in [0.1, 0.15) is 5.69 Å². The van der Waals surface area contributed by atoms with Crippen LogP contribution in [0.15, 0.2) is 48.9 Å². The van der Waals surface area contributed by atoms with Crippen molar-refractivity contribution in [3.8, 4) is 16.9 Å². The minimum Gasteiger partial charge on any atom is -0.374 e. The van der Waals surface area contributed by atoms with E-state index in [1.807, 2.05) is 42.7 Å². The fourth-order valence-corrected chi connectivity index (χ4v) is 3.91. The summed E-state index contributed by atoms with van der Waals surface area (Å²) in [7, 11) is -3.22. The third-order valence-corrected chi connectivity index (χ3v) is 5.68. The Morgan fingerprint density at radius 1 is 1.30 bits per heavy atom. The Kier molecular flexibility index (Phi) is 4.77. The summed E-state index contributed by atoms with van der Waals surface area (Å²) in [6, 6.07) is 9.73. The van der Waals surface area contributed by atoms with E-state index < -0.39 is 10.0 Å². The molecule has 3 aromatic rings. The van der Waals surface area contributed by atoms with E-state index in [9.17, 15) is 8.42 Å². The second-order valence-corrected chi connectivity index (χ2v) is 8.42. The molecule has 1 aliphatic rings. The second kappa shape index (κ2) is 7.22. The van der Waals surface area contributed by atoms with E-state index in [0.717, 1.165) is 16.9 Å². The van der Waals surface area contributed by atoms with Gasteiger partial charge in [0.2, 0.25) is 10.0 Å². The van der Waals surface area contributed by atoms with Crippen molar-refractivity contribution in [1.29, 1.82) is 0 Å². The molecular weight excluding hydrogens is 368 g/mol. The highest BCUT2D eigenvalue weighted by Gasteiger charge is 2.27. The Labute approximate surface area is 157 Å². The fourth-order valence-electron chi connectivity index (χ4n) is 3.06. The van der Waals surface area contributed by atoms with Gasteiger partial charge >= 0.3 is 0 Å². The van der Waals surface area contributed by atoms with Gasteiger partial charge in [0.25, 0.3) is 0 Å². The zero-order chi connectivity index (χ0) is 18.9. The number of hydrogen-bond donors (Lipinski definition) is 0. The van der Waals surface area contributed by atoms with Crippen LogP contribution in [0.2, 0.25) is 0 Å². The molecule has 9 nitrogen and oxygen atoms in total. The smallest absolute Gasteiger partial charge is 0.211 e. The van der Waals surface area contributed by atoms with Gasteiger partial charge in [0.05, 0.1) is 37.4 Å². The lowest BCUT2D eigenvalue weighted by atomic mass is 10.1. The van der Waals surface area contributed by atoms with Crippen LogP contribution in [0.4, 0.5) is 0 Å². The highest BCUT2D eigenvalue weighted by Crippen LogP contribution is 2.20. The van der Waals surface area contributed by atoms with E-state index in [1.54, 1.807) is 15.6 Å². The second-order valence-electron chi connectivity index (χ2n) is 6.44. The number of hydrogen-bond acceptors (Lipinski definition) is 6. The Hall–Kier alpha value is -2.56. The predicted molar refractivity (Wildman–Crippen MR) is 98.7 cm³/mol. The largest absolute Gasteiger partial charge is 0.374 e. The van der Waals surface area contributed by atoms with E-state index in [0.29, 0.717) is 26.2 Å². The van der Waals surface area contributed by atoms with Crippen molar-refractivity contribution in [2.24, 2.45) is 0 Å². The molecule has 1 unspecified atom stereocenters. The van der Waals surface area contributed by atoms with Gasteiger partial charge in [0.15, 0.2) is 0 Å². The molecule has 1 saturated heterocycles. The first-order valence-electron chi connectivity index (χ1n) is 8.56. The lowest BCUT2D eigenvalue weighted by Gasteiger charge is -2.30. The van der Waals surface area contributed by atoms with Crippen molar-refractivity contribution < 1.29 is 13.2 Å². The fraction of sp³-hybridized carbons (Fsp3) is 0.353. The van der Waals surface area contributed by atoms with Crippen molar-refractivity contribution >= 4 is 10.0 Å². The van der Waals surface area contributed by atoms with Crippen molar-refractivity contribution in [3.63, 3.8) is 0 Å². The van der Waals surface area contributed by atoms with Gasteiger partial charge in [-0.25, -0.2) is 17.8 Å². The van der Waals surface area contributed by atoms with E-state index in [-0.39, 0.29) is 6.10 Å². The zero-order valence-corrected chi connectivity index (χ0v) is 15.7. The van der Waals surface area contributed by atoms with Gasteiger partial charge in [0, 0.05) is 31.0 Å². The lowest BCUT2D eigenvalue weighted by Crippen LogP contribution is -2.46. The molecule has 1 fully saturated rings. The molecule has 10 heteroatoms. The molecule has 0 bridgehead atoms. The molecule has 27 heavy (non-hydrogen) atoms. The number of rotatable bonds is 5. The third-order valence-electron chi connectivity index (χ3n) is 4.41. The van der Waals surface area contributed by atoms with Crippen LogP contribution in [0.3, 0.4) is 0 Å². The maximum atomic E-state index is 11.7. The Bertz CT molecular complexity index is 1010. The molecule has 1 atom stereocenters. The standard InChI is InChI=1S/C17H20N6O3S/c1-27(24,25)22-8-9-26-16(12-22)11-21-13-17(19-20-21)14-4-2-5-15(10-14)23-7-3-6-18-23/h2-7,10,13,16H,8-9,11-12H2,1H3. The summed E-state index contributed by atoms with van der Waals surface area (Å²) in [5, 5.41) is 12.6. The summed E-state index contributed by atoms with van der Waals surface area (Å²) >= 11 is 0. The van der Waals surface area contributed by atoms with E-state index in [4.69, 9.17) is 4.74 Å². The van der Waals surface area contributed by atoms with E-state index >= 15 is 0 Å². The van der Waals surface area contributed by atoms with Crippen LogP contribution in [-0.4, -0.2) is 69.6 Å². The lowest BCUT2D eigenvalue weighted by molar-refractivity contribution is -0.0120. The average Bonchev–Trinajstić information content (AvgIpc) is 3.34. The van der Waals surface area contributed by atoms with Gasteiger partial charge in [-0.1, -0.05) is 17.3 Å². The summed E-state index contributed by atoms with van der Waals surface area (Å²) in [4.78, 5) is 0. The Morgan fingerprint density at radius 3 is 2.96 bits per heavy atom. The first-order valence-corrected chi connectivity index (χ1v) is 10.4. The number of morpholine rings is 1. The van der Waals surface area contributed by atoms with Crippen LogP contribution in [0.25, 0.3) is 16.9 Å². The SMILES string of the molecule is CS(=O)(=O)N1CCOC(Cn2cc(-c3cccc(-n4cccn4)c3)nn2)C1. The van der Waals surface area contributed by atoms with Gasteiger partial charge in [-0.3, -0.25) is 0 Å². The molecule has 1 aliphatic heterocycles. The van der Waals surface area contributed by atoms with Crippen LogP contribution in [0.5, 0.6) is 0 Å². The van der Waals surface area contributed by atoms with Crippen LogP contribution in [0, 0.1) is 0 Å². The predicted octanol–water partition coefficient (Wildman–Crippen LogP) is 0.791. The summed E-state index contributed by atoms with van der Waals surface area (Å²) in [5.41, 5.74) is 2.60. The first-order chi connectivity index (χ1) is 13.0. The van der Waals surface area contributed by atoms with E-state index in [2.05, 4.69) is 15.4 Å². The number of nitrogens with zero attached hydrogens (tertiary/aromatic N) is 6. The molecule has 0 saturated carbocycles. The molecule has 142 valence electrons. The minimum absolute atomic E-state index is 0.251. The maximum Gasteiger partial charge on any atom is 0.211 e. The minimum atomic E-state index is -3.22. The molecule has 0 aliphatic carbocycles. The molecule has 1 aromatic carbocycles. The maximum absolute atomic E-state index is 11.7. The number of ether oxygens (including phenoxy) is 1. The quantitative estimate of drug-likeness (QED) is 0.641. The summed E-state index contributed by atoms with van der Waals surface area (Å²) < 4.78 is 34.1. The molecule has 4 rings (SSSR count). The molecular formula is C17H20N6O3S. The van der Waals surface area contributed by atoms with Crippen LogP contribution in [-0.2, 0) is 21.3 Å². The normalized spacial score (nSPS) is 18.6. The van der Waals surface area contributed by atoms with E-state index in [1.165, 1.54) is 10.6 Å². The molecule has 2 aromatic heterocycles. The van der Waals surface area contributed by atoms with Crippen molar-refractivity contribution in [1.82, 2.24) is 29.1 Å². The first kappa shape index (κ1) is 17.8. The van der Waals surface area contributed by atoms with Gasteiger partial charge < -0.3 is 4.74 Å². The van der Waals surface area contributed by atoms with Crippen molar-refractivity contribution in [2.45, 2.75) is 12.6 Å². The Morgan fingerprint density at radius 2 is 2.19 bits per heavy atom. The molecule has 0 spiro atoms. The highest BCUT2D eigenvalue weighted by molar-refractivity contribution is 7.88.